The zero-order valence-corrected chi connectivity index (χ0v) is 72.3. The molecule has 0 aliphatic carbocycles. The van der Waals surface area contributed by atoms with E-state index >= 15 is 0 Å². The number of carbonyl (C=O) groups is 6. The Balaban J connectivity index is 0.000000315. The summed E-state index contributed by atoms with van der Waals surface area (Å²) in [7, 11) is 2.57. The van der Waals surface area contributed by atoms with Gasteiger partial charge >= 0.3 is 11.5 Å². The van der Waals surface area contributed by atoms with E-state index in [1.165, 1.54) is 82.5 Å². The number of halogens is 7. The average Bonchev–Trinajstić information content (AvgIpc) is 0.786. The number of methoxy groups -OCH3 is 2. The number of amides is 4. The van der Waals surface area contributed by atoms with E-state index in [0.29, 0.717) is 54.9 Å². The predicted octanol–water partition coefficient (Wildman–Crippen LogP) is 15.0. The number of nitrogens with zero attached hydrogens (tertiary/aromatic N) is 2. The van der Waals surface area contributed by atoms with Gasteiger partial charge in [-0.25, -0.2) is 35.9 Å². The third-order valence-electron chi connectivity index (χ3n) is 22.0. The highest BCUT2D eigenvalue weighted by Crippen LogP contribution is 2.38. The van der Waals surface area contributed by atoms with Gasteiger partial charge in [-0.15, -0.1) is 0 Å². The summed E-state index contributed by atoms with van der Waals surface area (Å²) in [6.45, 7) is 28.0. The van der Waals surface area contributed by atoms with Crippen molar-refractivity contribution in [3.8, 4) is 0 Å². The van der Waals surface area contributed by atoms with E-state index < -0.39 is 93.9 Å². The average molecular weight is 1720 g/mol. The molecule has 3 saturated heterocycles. The van der Waals surface area contributed by atoms with Crippen LogP contribution in [0.15, 0.2) is 158 Å². The number of carbonyl (C=O) groups excluding carboxylic acids is 6. The molecule has 3 heterocycles. The fourth-order valence-electron chi connectivity index (χ4n) is 15.7. The number of rotatable bonds is 27. The molecule has 0 aromatic heterocycles. The lowest BCUT2D eigenvalue weighted by atomic mass is 9.78. The zero-order valence-electron chi connectivity index (χ0n) is 71.6. The first-order valence-electron chi connectivity index (χ1n) is 40.8. The SMILES string of the molecule is C.C.CC(=O)NC(Cc1cc(F)cc(F)c1)C(O)CNC1(c2cccc(C(C)(C)C)c2)CCCN(CC(=O)c2ccccc2)C1.CC(=O)NC(Cc1cc(F)cc(F)c1)C(O)CNC1(c2cccc(C(C)(C)C)c2)CCCNC1.COC(=O)Cl.COC(=O)N1CCCC(NCC(O)C(Cc2cc(F)cc(F)c2)NC(C)=O)(c2cccc(C(C)(C)C)c2)C1. The molecule has 0 saturated carbocycles. The number of piperidine rings is 3. The smallest absolute Gasteiger partial charge is 0.409 e. The topological polar surface area (TPSA) is 272 Å². The normalized spacial score (nSPS) is 18.8. The highest BCUT2D eigenvalue weighted by molar-refractivity contribution is 6.61. The van der Waals surface area contributed by atoms with Gasteiger partial charge in [0.15, 0.2) is 5.78 Å². The Bertz CT molecular complexity index is 4480. The number of ether oxygens (including phenoxy) is 2. The third kappa shape index (κ3) is 31.9. The molecule has 20 nitrogen and oxygen atoms in total. The summed E-state index contributed by atoms with van der Waals surface area (Å²) in [6, 6.07) is 41.8. The molecule has 3 aliphatic heterocycles. The van der Waals surface area contributed by atoms with Crippen LogP contribution in [0.1, 0.15) is 197 Å². The molecule has 3 aliphatic rings. The van der Waals surface area contributed by atoms with Crippen molar-refractivity contribution in [2.75, 3.05) is 79.7 Å². The van der Waals surface area contributed by atoms with Crippen molar-refractivity contribution >= 4 is 46.6 Å². The van der Waals surface area contributed by atoms with Crippen molar-refractivity contribution in [1.82, 2.24) is 47.0 Å². The minimum Gasteiger partial charge on any atom is -0.457 e. The summed E-state index contributed by atoms with van der Waals surface area (Å²) in [5.41, 5.74) is 5.89. The molecule has 27 heteroatoms. The maximum atomic E-state index is 13.9. The quantitative estimate of drug-likeness (QED) is 0.0130. The number of nitrogens with one attached hydrogen (secondary N) is 7. The van der Waals surface area contributed by atoms with Gasteiger partial charge in [0, 0.05) is 102 Å². The Morgan fingerprint density at radius 1 is 0.459 bits per heavy atom. The molecule has 9 atom stereocenters. The van der Waals surface area contributed by atoms with Crippen LogP contribution in [-0.4, -0.2) is 176 Å². The first-order chi connectivity index (χ1) is 56.4. The first-order valence-corrected chi connectivity index (χ1v) is 41.2. The number of benzene rings is 7. The third-order valence-corrected chi connectivity index (χ3v) is 22.1. The predicted molar refractivity (Wildman–Crippen MR) is 469 cm³/mol. The lowest BCUT2D eigenvalue weighted by Gasteiger charge is -2.45. The van der Waals surface area contributed by atoms with Crippen molar-refractivity contribution in [2.24, 2.45) is 0 Å². The van der Waals surface area contributed by atoms with Gasteiger partial charge in [0.2, 0.25) is 17.7 Å². The Kier molecular flexibility index (Phi) is 40.0. The van der Waals surface area contributed by atoms with Crippen LogP contribution >= 0.6 is 11.6 Å². The number of likely N-dealkylation sites (tertiary alicyclic amines) is 2. The number of ketones is 1. The second kappa shape index (κ2) is 47.1. The van der Waals surface area contributed by atoms with E-state index in [1.807, 2.05) is 48.5 Å². The number of Topliss-reactive ketones (excluding diaryl/α,β-unsaturated/α-hetero) is 1. The van der Waals surface area contributed by atoms with E-state index in [2.05, 4.69) is 175 Å². The zero-order chi connectivity index (χ0) is 88.5. The second-order valence-corrected chi connectivity index (χ2v) is 35.1. The van der Waals surface area contributed by atoms with Crippen molar-refractivity contribution in [1.29, 1.82) is 0 Å². The van der Waals surface area contributed by atoms with Gasteiger partial charge in [0.25, 0.3) is 0 Å². The van der Waals surface area contributed by atoms with Crippen LogP contribution in [0.5, 0.6) is 0 Å². The largest absolute Gasteiger partial charge is 0.457 e. The summed E-state index contributed by atoms with van der Waals surface area (Å²) in [5.74, 6) is -5.23. The highest BCUT2D eigenvalue weighted by Gasteiger charge is 2.43. The van der Waals surface area contributed by atoms with Crippen molar-refractivity contribution in [3.05, 3.63) is 248 Å². The van der Waals surface area contributed by atoms with E-state index in [9.17, 15) is 70.4 Å². The standard InChI is InChI=1S/C35H43F2N3O3.C29H39F2N3O4.C27H37F2N3O2.C2H3ClO2.2CH4/c1-24(41)39-31(18-25-16-29(36)20-30(37)17-25)32(42)21-38-35(28-13-8-12-27(19-28)34(2,3)4)14-9-15-40(23-35)22-33(43)26-10-6-5-7-11-26;1-19(35)33-25(14-20-12-23(30)16-24(31)13-20)26(36)17-32-29(10-7-11-34(18-29)27(37)38-5)22-9-6-8-21(15-22)28(2,3)4;1-18(33)32-24(13-19-11-22(28)15-23(29)12-19)25(34)16-31-27(9-6-10-30-17-27)21-8-5-7-20(14-21)26(2,3)4;1-5-2(3)4;;/h5-8,10-13,16-17,19-20,31-32,38,42H,9,14-15,18,21-23H2,1-4H3,(H,39,41);6,8-9,12-13,15-16,25-26,32,36H,7,10-11,14,17-18H2,1-5H3,(H,33,35);5,7-8,11-12,14-15,24-25,30-31,34H,6,9-10,13,16-17H2,1-4H3,(H,32,33);1H3;2*1H4. The number of hydrogen-bond acceptors (Lipinski definition) is 16. The van der Waals surface area contributed by atoms with Crippen molar-refractivity contribution in [2.45, 2.75) is 225 Å². The van der Waals surface area contributed by atoms with Gasteiger partial charge in [0.1, 0.15) is 34.9 Å². The van der Waals surface area contributed by atoms with Crippen molar-refractivity contribution < 1.29 is 79.9 Å². The van der Waals surface area contributed by atoms with E-state index in [4.69, 9.17) is 4.74 Å². The van der Waals surface area contributed by atoms with Gasteiger partial charge in [0.05, 0.1) is 73.8 Å². The van der Waals surface area contributed by atoms with Crippen LogP contribution in [0, 0.1) is 34.9 Å². The van der Waals surface area contributed by atoms with E-state index in [1.54, 1.807) is 4.90 Å². The molecule has 7 aromatic carbocycles. The number of aliphatic hydroxyl groups excluding tert-OH is 3. The Hall–Kier alpha value is -9.09. The summed E-state index contributed by atoms with van der Waals surface area (Å²) in [6.07, 6.45) is 1.62. The summed E-state index contributed by atoms with van der Waals surface area (Å²) in [4.78, 5) is 74.5. The van der Waals surface area contributed by atoms with Crippen molar-refractivity contribution in [3.63, 3.8) is 0 Å². The number of hydrogen-bond donors (Lipinski definition) is 10. The molecular weight excluding hydrogens is 1590 g/mol. The van der Waals surface area contributed by atoms with Crippen LogP contribution < -0.4 is 37.2 Å². The maximum absolute atomic E-state index is 13.9. The van der Waals surface area contributed by atoms with Crippen LogP contribution in [0.25, 0.3) is 0 Å². The maximum Gasteiger partial charge on any atom is 0.409 e. The monoisotopic (exact) mass is 1720 g/mol. The second-order valence-electron chi connectivity index (χ2n) is 34.8. The fourth-order valence-corrected chi connectivity index (χ4v) is 15.7. The van der Waals surface area contributed by atoms with Crippen LogP contribution in [0.4, 0.5) is 35.9 Å². The molecular formula is C95H130ClF6N9O11. The Morgan fingerprint density at radius 2 is 0.795 bits per heavy atom. The molecule has 0 bridgehead atoms. The van der Waals surface area contributed by atoms with Gasteiger partial charge < -0.3 is 66.9 Å². The van der Waals surface area contributed by atoms with Crippen LogP contribution in [0.2, 0.25) is 0 Å². The van der Waals surface area contributed by atoms with E-state index in [-0.39, 0.29) is 106 Å². The Labute approximate surface area is 722 Å². The molecule has 10 rings (SSSR count). The molecule has 0 spiro atoms. The molecule has 7 aromatic rings. The van der Waals surface area contributed by atoms with Crippen LogP contribution in [0.3, 0.4) is 0 Å². The minimum absolute atomic E-state index is 0. The molecule has 9 unspecified atom stereocenters. The summed E-state index contributed by atoms with van der Waals surface area (Å²) < 4.78 is 91.6. The van der Waals surface area contributed by atoms with Gasteiger partial charge in [-0.1, -0.05) is 180 Å². The molecule has 10 N–H and O–H groups in total. The minimum atomic E-state index is -1.08. The summed E-state index contributed by atoms with van der Waals surface area (Å²) in [5, 5.41) is 56.0. The lowest BCUT2D eigenvalue weighted by molar-refractivity contribution is -0.121. The first kappa shape index (κ1) is 103. The Morgan fingerprint density at radius 3 is 1.12 bits per heavy atom. The lowest BCUT2D eigenvalue weighted by Crippen LogP contribution is -2.59. The number of aliphatic hydroxyl groups is 3. The molecule has 3 fully saturated rings. The molecule has 670 valence electrons. The highest BCUT2D eigenvalue weighted by atomic mass is 35.5. The van der Waals surface area contributed by atoms with Crippen LogP contribution in [-0.2, 0) is 76.0 Å². The summed E-state index contributed by atoms with van der Waals surface area (Å²) >= 11 is 4.60. The fraction of sp³-hybridized carbons (Fsp3) is 0.495. The van der Waals surface area contributed by atoms with Gasteiger partial charge in [-0.05, 0) is 174 Å². The molecule has 122 heavy (non-hydrogen) atoms. The van der Waals surface area contributed by atoms with Gasteiger partial charge in [-0.3, -0.25) is 24.1 Å². The molecule has 4 amide bonds. The van der Waals surface area contributed by atoms with E-state index in [0.717, 1.165) is 85.6 Å². The molecule has 0 radical (unpaired) electrons. The van der Waals surface area contributed by atoms with Gasteiger partial charge in [-0.2, -0.15) is 0 Å².